The monoisotopic (exact) mass is 768 g/mol. The summed E-state index contributed by atoms with van der Waals surface area (Å²) in [4.78, 5) is 20.6. The molecule has 2 aromatic rings. The van der Waals surface area contributed by atoms with Crippen LogP contribution < -0.4 is 10.2 Å². The summed E-state index contributed by atoms with van der Waals surface area (Å²) in [6.45, 7) is 0. The molecule has 0 aliphatic heterocycles. The Balaban J connectivity index is -0.000000370. The van der Waals surface area contributed by atoms with Gasteiger partial charge in [0.15, 0.2) is 0 Å². The number of benzene rings is 2. The Bertz CT molecular complexity index is 832. The maximum Gasteiger partial charge on any atom is 2.00 e. The van der Waals surface area contributed by atoms with Gasteiger partial charge >= 0.3 is 16.5 Å². The van der Waals surface area contributed by atoms with Crippen molar-refractivity contribution < 1.29 is 44.7 Å². The van der Waals surface area contributed by atoms with Crippen LogP contribution in [-0.2, 0) is 38.1 Å². The van der Waals surface area contributed by atoms with Gasteiger partial charge in [-0.3, -0.25) is 18.0 Å². The number of carbonyl (C=O) groups is 2. The van der Waals surface area contributed by atoms with Gasteiger partial charge in [-0.1, -0.05) is 75.2 Å². The van der Waals surface area contributed by atoms with Crippen LogP contribution in [0.15, 0.2) is 42.2 Å². The van der Waals surface area contributed by atoms with Crippen LogP contribution in [-0.4, -0.2) is 46.0 Å². The molecule has 0 aliphatic carbocycles. The third-order valence-electron chi connectivity index (χ3n) is 2.33. The maximum atomic E-state index is 11.1. The van der Waals surface area contributed by atoms with Gasteiger partial charge in [0.05, 0.1) is 0 Å². The number of rotatable bonds is 2. The van der Waals surface area contributed by atoms with Gasteiger partial charge in [-0.05, 0) is 24.3 Å². The minimum atomic E-state index is -0.611. The van der Waals surface area contributed by atoms with Crippen molar-refractivity contribution in [3.05, 3.63) is 53.3 Å². The molecular formula is C18H18Br4NiO6S2. The van der Waals surface area contributed by atoms with Crippen LogP contribution in [0, 0.1) is 0 Å². The summed E-state index contributed by atoms with van der Waals surface area (Å²) < 4.78 is 21.3. The first-order valence-corrected chi connectivity index (χ1v) is 14.6. The second-order valence-corrected chi connectivity index (χ2v) is 11.8. The van der Waals surface area contributed by atoms with Gasteiger partial charge in [0.2, 0.25) is 0 Å². The summed E-state index contributed by atoms with van der Waals surface area (Å²) in [7, 11) is -1.22. The van der Waals surface area contributed by atoms with E-state index in [1.807, 2.05) is 0 Å². The largest absolute Gasteiger partial charge is 2.00 e. The van der Waals surface area contributed by atoms with E-state index in [9.17, 15) is 28.2 Å². The number of aldehydes is 2. The summed E-state index contributed by atoms with van der Waals surface area (Å²) in [5.74, 6) is -0.550. The fourth-order valence-electron chi connectivity index (χ4n) is 1.34. The van der Waals surface area contributed by atoms with Crippen molar-refractivity contribution in [2.75, 3.05) is 25.0 Å². The first-order chi connectivity index (χ1) is 13.8. The van der Waals surface area contributed by atoms with Gasteiger partial charge in [-0.2, -0.15) is 0 Å². The van der Waals surface area contributed by atoms with Crippen LogP contribution in [0.3, 0.4) is 0 Å². The molecule has 0 saturated heterocycles. The zero-order valence-corrected chi connectivity index (χ0v) is 25.5. The van der Waals surface area contributed by atoms with E-state index in [1.54, 1.807) is 37.2 Å². The molecule has 0 bridgehead atoms. The molecule has 0 unspecified atom stereocenters. The minimum absolute atomic E-state index is 0. The van der Waals surface area contributed by atoms with Gasteiger partial charge in [0.1, 0.15) is 12.6 Å². The second-order valence-electron chi connectivity index (χ2n) is 5.33. The molecule has 0 fully saturated rings. The molecule has 0 amide bonds. The number of hydrogen-bond acceptors (Lipinski definition) is 6. The van der Waals surface area contributed by atoms with Crippen LogP contribution in [0.4, 0.5) is 0 Å². The van der Waals surface area contributed by atoms with Gasteiger partial charge < -0.3 is 10.2 Å². The van der Waals surface area contributed by atoms with E-state index < -0.39 is 21.6 Å². The Morgan fingerprint density at radius 2 is 0.903 bits per heavy atom. The molecule has 2 rings (SSSR count). The Kier molecular flexibility index (Phi) is 22.5. The molecule has 6 nitrogen and oxygen atoms in total. The summed E-state index contributed by atoms with van der Waals surface area (Å²) >= 11 is 12.4. The molecule has 0 N–H and O–H groups in total. The van der Waals surface area contributed by atoms with Crippen LogP contribution in [0.1, 0.15) is 20.7 Å². The molecule has 0 aromatic heterocycles. The third-order valence-corrected chi connectivity index (χ3v) is 4.42. The van der Waals surface area contributed by atoms with Crippen LogP contribution in [0.5, 0.6) is 11.5 Å². The van der Waals surface area contributed by atoms with Gasteiger partial charge in [0.25, 0.3) is 0 Å². The first kappa shape index (κ1) is 35.7. The van der Waals surface area contributed by atoms with E-state index in [4.69, 9.17) is 0 Å². The van der Waals surface area contributed by atoms with Crippen molar-refractivity contribution in [1.82, 2.24) is 0 Å². The predicted octanol–water partition coefficient (Wildman–Crippen LogP) is 4.18. The molecule has 0 radical (unpaired) electrons. The van der Waals surface area contributed by atoms with Crippen molar-refractivity contribution in [2.45, 2.75) is 0 Å². The predicted molar refractivity (Wildman–Crippen MR) is 133 cm³/mol. The topological polar surface area (TPSA) is 114 Å². The molecule has 0 aliphatic rings. The average molecular weight is 773 g/mol. The van der Waals surface area contributed by atoms with Crippen molar-refractivity contribution in [3.8, 4) is 11.5 Å². The summed E-state index contributed by atoms with van der Waals surface area (Å²) in [6.07, 6.45) is 7.63. The van der Waals surface area contributed by atoms with Gasteiger partial charge in [-0.15, -0.1) is 0 Å². The molecule has 0 spiro atoms. The fourth-order valence-corrected chi connectivity index (χ4v) is 3.85. The maximum absolute atomic E-state index is 11.1. The quantitative estimate of drug-likeness (QED) is 0.335. The summed E-state index contributed by atoms with van der Waals surface area (Å²) in [5.41, 5.74) is 0.317. The minimum Gasteiger partial charge on any atom is -0.871 e. The smallest absolute Gasteiger partial charge is 0.871 e. The Morgan fingerprint density at radius 3 is 1.10 bits per heavy atom. The Morgan fingerprint density at radius 1 is 0.677 bits per heavy atom. The molecule has 0 saturated carbocycles. The van der Waals surface area contributed by atoms with Gasteiger partial charge in [0, 0.05) is 75.6 Å². The van der Waals surface area contributed by atoms with Crippen LogP contribution in [0.25, 0.3) is 0 Å². The number of halogens is 4. The van der Waals surface area contributed by atoms with Crippen molar-refractivity contribution in [3.63, 3.8) is 0 Å². The first-order valence-electron chi connectivity index (χ1n) is 7.49. The molecular weight excluding hydrogens is 755 g/mol. The normalized spacial score (nSPS) is 9.10. The van der Waals surface area contributed by atoms with E-state index in [0.717, 1.165) is 0 Å². The van der Waals surface area contributed by atoms with Crippen molar-refractivity contribution >= 4 is 97.9 Å². The number of carbonyl (C=O) groups excluding carboxylic acids is 2. The fraction of sp³-hybridized carbons (Fsp3) is 0.222. The molecule has 176 valence electrons. The molecule has 2 aromatic carbocycles. The molecule has 31 heavy (non-hydrogen) atoms. The van der Waals surface area contributed by atoms with Crippen molar-refractivity contribution in [1.29, 1.82) is 0 Å². The standard InChI is InChI=1S/2C7H4Br2O2.2C2H6OS.Ni/c2*8-5-1-4(3-10)7(11)6(9)2-5;2*1-4(2)3;/h2*1-3,11H;2*1-2H3;/q;;;;+2/p-2. The third kappa shape index (κ3) is 18.2. The van der Waals surface area contributed by atoms with Gasteiger partial charge in [-0.25, -0.2) is 0 Å². The van der Waals surface area contributed by atoms with Crippen LogP contribution in [0.2, 0.25) is 0 Å². The summed E-state index contributed by atoms with van der Waals surface area (Å²) in [6, 6.07) is 6.19. The number of hydrogen-bond donors (Lipinski definition) is 0. The Labute approximate surface area is 230 Å². The average Bonchev–Trinajstić information content (AvgIpc) is 2.60. The van der Waals surface area contributed by atoms with E-state index in [-0.39, 0.29) is 39.1 Å². The molecule has 0 heterocycles. The zero-order chi connectivity index (χ0) is 24.0. The van der Waals surface area contributed by atoms with Crippen molar-refractivity contribution in [2.24, 2.45) is 0 Å². The van der Waals surface area contributed by atoms with E-state index in [1.165, 1.54) is 12.1 Å². The van der Waals surface area contributed by atoms with E-state index >= 15 is 0 Å². The SMILES string of the molecule is CS(C)=O.CS(C)=O.O=Cc1cc(Br)cc(Br)c1[O-].O=Cc1cc(Br)cc(Br)c1[O-].[Ni+2]. The summed E-state index contributed by atoms with van der Waals surface area (Å²) in [5, 5.41) is 22.1. The van der Waals surface area contributed by atoms with E-state index in [2.05, 4.69) is 63.7 Å². The second kappa shape index (κ2) is 19.6. The van der Waals surface area contributed by atoms with Crippen LogP contribution >= 0.6 is 63.7 Å². The molecule has 0 atom stereocenters. The Hall–Kier alpha value is 0.0935. The van der Waals surface area contributed by atoms with E-state index in [0.29, 0.717) is 30.5 Å². The zero-order valence-electron chi connectivity index (χ0n) is 16.6. The molecule has 13 heteroatoms.